The maximum absolute atomic E-state index is 14.2. The van der Waals surface area contributed by atoms with E-state index in [2.05, 4.69) is 4.98 Å². The molecule has 0 unspecified atom stereocenters. The lowest BCUT2D eigenvalue weighted by Crippen LogP contribution is -2.28. The summed E-state index contributed by atoms with van der Waals surface area (Å²) in [6.45, 7) is 2.68. The molecule has 0 saturated carbocycles. The molecule has 1 amide bonds. The predicted octanol–water partition coefficient (Wildman–Crippen LogP) is 4.87. The van der Waals surface area contributed by atoms with Gasteiger partial charge in [-0.2, -0.15) is 0 Å². The Kier molecular flexibility index (Phi) is 4.96. The van der Waals surface area contributed by atoms with Crippen molar-refractivity contribution in [2.75, 3.05) is 7.05 Å². The van der Waals surface area contributed by atoms with Gasteiger partial charge in [0, 0.05) is 28.9 Å². The van der Waals surface area contributed by atoms with Crippen LogP contribution in [0.15, 0.2) is 60.0 Å². The molecule has 2 heterocycles. The van der Waals surface area contributed by atoms with Crippen LogP contribution in [0.5, 0.6) is 0 Å². The molecule has 142 valence electrons. The van der Waals surface area contributed by atoms with Gasteiger partial charge < -0.3 is 9.47 Å². The van der Waals surface area contributed by atoms with Crippen molar-refractivity contribution < 1.29 is 9.18 Å². The molecular weight excluding hydrogens is 373 g/mol. The largest absolute Gasteiger partial charge is 0.335 e. The van der Waals surface area contributed by atoms with E-state index in [1.165, 1.54) is 6.07 Å². The third-order valence-electron chi connectivity index (χ3n) is 4.73. The first-order valence-corrected chi connectivity index (χ1v) is 9.89. The van der Waals surface area contributed by atoms with Crippen LogP contribution < -0.4 is 0 Å². The fourth-order valence-electron chi connectivity index (χ4n) is 3.35. The molecule has 0 N–H and O–H groups in total. The number of aromatic nitrogens is 2. The summed E-state index contributed by atoms with van der Waals surface area (Å²) in [4.78, 5) is 19.3. The molecule has 2 aromatic carbocycles. The van der Waals surface area contributed by atoms with Crippen molar-refractivity contribution >= 4 is 28.1 Å². The van der Waals surface area contributed by atoms with E-state index in [1.54, 1.807) is 35.4 Å². The molecule has 2 aromatic heterocycles. The second-order valence-corrected chi connectivity index (χ2v) is 7.85. The highest BCUT2D eigenvalue weighted by molar-refractivity contribution is 7.09. The molecule has 6 heteroatoms. The summed E-state index contributed by atoms with van der Waals surface area (Å²) < 4.78 is 16.1. The molecule has 0 spiro atoms. The van der Waals surface area contributed by atoms with E-state index in [1.807, 2.05) is 53.3 Å². The number of rotatable bonds is 5. The monoisotopic (exact) mass is 393 g/mol. The average Bonchev–Trinajstić information content (AvgIpc) is 3.26. The molecule has 0 radical (unpaired) electrons. The van der Waals surface area contributed by atoms with Crippen molar-refractivity contribution in [2.24, 2.45) is 0 Å². The van der Waals surface area contributed by atoms with E-state index >= 15 is 0 Å². The Morgan fingerprint density at radius 1 is 1.18 bits per heavy atom. The van der Waals surface area contributed by atoms with Gasteiger partial charge in [-0.3, -0.25) is 4.79 Å². The number of thiazole rings is 1. The number of hydrogen-bond acceptors (Lipinski definition) is 3. The molecule has 4 rings (SSSR count). The Balaban J connectivity index is 1.71. The van der Waals surface area contributed by atoms with Gasteiger partial charge in [0.05, 0.1) is 23.8 Å². The molecule has 0 aliphatic carbocycles. The number of carbonyl (C=O) groups is 1. The molecule has 4 aromatic rings. The highest BCUT2D eigenvalue weighted by Gasteiger charge is 2.20. The van der Waals surface area contributed by atoms with E-state index < -0.39 is 0 Å². The van der Waals surface area contributed by atoms with Crippen molar-refractivity contribution in [3.63, 3.8) is 0 Å². The molecule has 0 atom stereocenters. The van der Waals surface area contributed by atoms with Crippen molar-refractivity contribution in [1.29, 1.82) is 0 Å². The van der Waals surface area contributed by atoms with E-state index in [0.717, 1.165) is 21.6 Å². The molecule has 0 aliphatic heterocycles. The lowest BCUT2D eigenvalue weighted by Gasteiger charge is -2.18. The van der Waals surface area contributed by atoms with Crippen molar-refractivity contribution in [3.8, 4) is 0 Å². The van der Waals surface area contributed by atoms with Gasteiger partial charge in [0.1, 0.15) is 11.5 Å². The lowest BCUT2D eigenvalue weighted by molar-refractivity contribution is 0.0774. The molecule has 0 saturated heterocycles. The number of benzene rings is 2. The number of amides is 1. The van der Waals surface area contributed by atoms with E-state index in [-0.39, 0.29) is 11.7 Å². The predicted molar refractivity (Wildman–Crippen MR) is 110 cm³/mol. The first-order chi connectivity index (χ1) is 13.5. The van der Waals surface area contributed by atoms with Gasteiger partial charge in [0.15, 0.2) is 0 Å². The van der Waals surface area contributed by atoms with Crippen LogP contribution in [-0.2, 0) is 13.1 Å². The number of carbonyl (C=O) groups excluding carboxylic acids is 1. The SMILES string of the molecule is Cc1nc(CN(C)C(=O)c2cc3ccccc3n2Cc2ccccc2F)cs1. The minimum atomic E-state index is -0.273. The Labute approximate surface area is 166 Å². The number of para-hydroxylation sites is 1. The van der Waals surface area contributed by atoms with Crippen LogP contribution in [-0.4, -0.2) is 27.4 Å². The number of aryl methyl sites for hydroxylation is 1. The van der Waals surface area contributed by atoms with Crippen LogP contribution in [0.2, 0.25) is 0 Å². The molecular formula is C22H20FN3OS. The van der Waals surface area contributed by atoms with Crippen molar-refractivity contribution in [3.05, 3.63) is 87.8 Å². The maximum Gasteiger partial charge on any atom is 0.270 e. The van der Waals surface area contributed by atoms with Crippen LogP contribution in [0.25, 0.3) is 10.9 Å². The summed E-state index contributed by atoms with van der Waals surface area (Å²) >= 11 is 1.57. The maximum atomic E-state index is 14.2. The smallest absolute Gasteiger partial charge is 0.270 e. The van der Waals surface area contributed by atoms with Gasteiger partial charge in [-0.1, -0.05) is 36.4 Å². The number of halogens is 1. The fraction of sp³-hybridized carbons (Fsp3) is 0.182. The Bertz CT molecular complexity index is 1150. The molecule has 0 fully saturated rings. The van der Waals surface area contributed by atoms with Gasteiger partial charge in [-0.25, -0.2) is 9.37 Å². The third-order valence-corrected chi connectivity index (χ3v) is 5.55. The Morgan fingerprint density at radius 2 is 1.93 bits per heavy atom. The minimum Gasteiger partial charge on any atom is -0.335 e. The molecule has 0 bridgehead atoms. The average molecular weight is 393 g/mol. The zero-order valence-electron chi connectivity index (χ0n) is 15.7. The summed E-state index contributed by atoms with van der Waals surface area (Å²) in [7, 11) is 1.77. The standard InChI is InChI=1S/C22H20FN3OS/c1-15-24-18(14-28-15)13-25(2)22(27)21-11-16-7-4-6-10-20(16)26(21)12-17-8-3-5-9-19(17)23/h3-11,14H,12-13H2,1-2H3. The van der Waals surface area contributed by atoms with Gasteiger partial charge in [0.2, 0.25) is 0 Å². The number of fused-ring (bicyclic) bond motifs is 1. The summed E-state index contributed by atoms with van der Waals surface area (Å²) in [5.74, 6) is -0.386. The quantitative estimate of drug-likeness (QED) is 0.485. The van der Waals surface area contributed by atoms with Gasteiger partial charge >= 0.3 is 0 Å². The highest BCUT2D eigenvalue weighted by atomic mass is 32.1. The summed E-state index contributed by atoms with van der Waals surface area (Å²) in [6.07, 6.45) is 0. The normalized spacial score (nSPS) is 11.1. The first-order valence-electron chi connectivity index (χ1n) is 9.01. The molecule has 4 nitrogen and oxygen atoms in total. The lowest BCUT2D eigenvalue weighted by atomic mass is 10.2. The summed E-state index contributed by atoms with van der Waals surface area (Å²) in [5, 5.41) is 3.90. The number of hydrogen-bond donors (Lipinski definition) is 0. The van der Waals surface area contributed by atoms with Crippen LogP contribution >= 0.6 is 11.3 Å². The zero-order valence-corrected chi connectivity index (χ0v) is 16.5. The second-order valence-electron chi connectivity index (χ2n) is 6.79. The van der Waals surface area contributed by atoms with Crippen LogP contribution in [0.1, 0.15) is 26.8 Å². The van der Waals surface area contributed by atoms with E-state index in [9.17, 15) is 9.18 Å². The Hall–Kier alpha value is -2.99. The molecule has 28 heavy (non-hydrogen) atoms. The van der Waals surface area contributed by atoms with Gasteiger partial charge in [-0.05, 0) is 25.1 Å². The topological polar surface area (TPSA) is 38.1 Å². The third kappa shape index (κ3) is 3.55. The summed E-state index contributed by atoms with van der Waals surface area (Å²) in [6, 6.07) is 16.3. The second kappa shape index (κ2) is 7.56. The van der Waals surface area contributed by atoms with Crippen molar-refractivity contribution in [1.82, 2.24) is 14.5 Å². The highest BCUT2D eigenvalue weighted by Crippen LogP contribution is 2.23. The number of nitrogens with zero attached hydrogens (tertiary/aromatic N) is 3. The van der Waals surface area contributed by atoms with Crippen LogP contribution in [0, 0.1) is 12.7 Å². The van der Waals surface area contributed by atoms with Gasteiger partial charge in [0.25, 0.3) is 5.91 Å². The zero-order chi connectivity index (χ0) is 19.7. The Morgan fingerprint density at radius 3 is 2.68 bits per heavy atom. The molecule has 0 aliphatic rings. The van der Waals surface area contributed by atoms with E-state index in [0.29, 0.717) is 24.3 Å². The van der Waals surface area contributed by atoms with E-state index in [4.69, 9.17) is 0 Å². The van der Waals surface area contributed by atoms with Crippen LogP contribution in [0.3, 0.4) is 0 Å². The summed E-state index contributed by atoms with van der Waals surface area (Å²) in [5.41, 5.74) is 2.87. The van der Waals surface area contributed by atoms with Crippen LogP contribution in [0.4, 0.5) is 4.39 Å². The first kappa shape index (κ1) is 18.4. The van der Waals surface area contributed by atoms with Crippen molar-refractivity contribution in [2.45, 2.75) is 20.0 Å². The minimum absolute atomic E-state index is 0.113. The fourth-order valence-corrected chi connectivity index (χ4v) is 3.95. The van der Waals surface area contributed by atoms with Gasteiger partial charge in [-0.15, -0.1) is 11.3 Å².